The van der Waals surface area contributed by atoms with Crippen molar-refractivity contribution in [3.63, 3.8) is 0 Å². The fourth-order valence-corrected chi connectivity index (χ4v) is 2.12. The second-order valence-electron chi connectivity index (χ2n) is 4.86. The number of urea groups is 1. The third kappa shape index (κ3) is 4.48. The fraction of sp³-hybridized carbons (Fsp3) is 0.357. The maximum Gasteiger partial charge on any atom is 0.335 e. The predicted molar refractivity (Wildman–Crippen MR) is 75.1 cm³/mol. The molecule has 0 aliphatic carbocycles. The topological polar surface area (TPSA) is 108 Å². The van der Waals surface area contributed by atoms with Crippen LogP contribution in [-0.2, 0) is 11.2 Å². The minimum atomic E-state index is -0.971. The van der Waals surface area contributed by atoms with Crippen molar-refractivity contribution in [2.45, 2.75) is 18.9 Å². The first-order valence-corrected chi connectivity index (χ1v) is 6.68. The SMILES string of the molecule is O=C1CC(NC(=O)NCCc2cccc(C(=O)O)c2)CN1. The molecule has 1 fully saturated rings. The Balaban J connectivity index is 1.73. The zero-order valence-electron chi connectivity index (χ0n) is 11.4. The minimum absolute atomic E-state index is 0.0641. The highest BCUT2D eigenvalue weighted by Gasteiger charge is 2.22. The molecular weight excluding hydrogens is 274 g/mol. The van der Waals surface area contributed by atoms with E-state index >= 15 is 0 Å². The van der Waals surface area contributed by atoms with Crippen molar-refractivity contribution in [3.05, 3.63) is 35.4 Å². The van der Waals surface area contributed by atoms with Gasteiger partial charge in [-0.3, -0.25) is 4.79 Å². The molecule has 1 atom stereocenters. The van der Waals surface area contributed by atoms with Crippen molar-refractivity contribution in [1.82, 2.24) is 16.0 Å². The third-order valence-electron chi connectivity index (χ3n) is 3.19. The molecule has 0 bridgehead atoms. The van der Waals surface area contributed by atoms with E-state index in [-0.39, 0.29) is 23.5 Å². The van der Waals surface area contributed by atoms with Gasteiger partial charge in [-0.15, -0.1) is 0 Å². The number of carboxylic acids is 1. The van der Waals surface area contributed by atoms with Crippen LogP contribution in [0.25, 0.3) is 0 Å². The maximum atomic E-state index is 11.6. The minimum Gasteiger partial charge on any atom is -0.478 e. The average molecular weight is 291 g/mol. The van der Waals surface area contributed by atoms with Crippen LogP contribution in [0.2, 0.25) is 0 Å². The molecule has 0 saturated carbocycles. The van der Waals surface area contributed by atoms with Gasteiger partial charge in [-0.25, -0.2) is 9.59 Å². The summed E-state index contributed by atoms with van der Waals surface area (Å²) in [5, 5.41) is 16.9. The Hall–Kier alpha value is -2.57. The van der Waals surface area contributed by atoms with E-state index in [9.17, 15) is 14.4 Å². The van der Waals surface area contributed by atoms with Crippen LogP contribution in [0.15, 0.2) is 24.3 Å². The number of amides is 3. The van der Waals surface area contributed by atoms with Crippen LogP contribution >= 0.6 is 0 Å². The monoisotopic (exact) mass is 291 g/mol. The van der Waals surface area contributed by atoms with E-state index < -0.39 is 5.97 Å². The van der Waals surface area contributed by atoms with Crippen LogP contribution in [0, 0.1) is 0 Å². The van der Waals surface area contributed by atoms with Crippen LogP contribution in [-0.4, -0.2) is 42.1 Å². The molecule has 1 saturated heterocycles. The lowest BCUT2D eigenvalue weighted by Crippen LogP contribution is -2.43. The predicted octanol–water partition coefficient (Wildman–Crippen LogP) is 0.115. The summed E-state index contributed by atoms with van der Waals surface area (Å²) < 4.78 is 0. The molecule has 7 nitrogen and oxygen atoms in total. The van der Waals surface area contributed by atoms with Crippen LogP contribution in [0.4, 0.5) is 4.79 Å². The summed E-state index contributed by atoms with van der Waals surface area (Å²) in [4.78, 5) is 33.4. The Labute approximate surface area is 121 Å². The van der Waals surface area contributed by atoms with Crippen molar-refractivity contribution in [2.75, 3.05) is 13.1 Å². The number of carboxylic acid groups (broad SMARTS) is 1. The van der Waals surface area contributed by atoms with Gasteiger partial charge in [0.25, 0.3) is 0 Å². The Morgan fingerprint density at radius 2 is 2.19 bits per heavy atom. The lowest BCUT2D eigenvalue weighted by atomic mass is 10.1. The van der Waals surface area contributed by atoms with E-state index in [0.717, 1.165) is 5.56 Å². The Morgan fingerprint density at radius 3 is 2.86 bits per heavy atom. The second-order valence-corrected chi connectivity index (χ2v) is 4.86. The fourth-order valence-electron chi connectivity index (χ4n) is 2.12. The number of carbonyl (C=O) groups is 3. The molecule has 1 unspecified atom stereocenters. The summed E-state index contributed by atoms with van der Waals surface area (Å²) >= 11 is 0. The lowest BCUT2D eigenvalue weighted by molar-refractivity contribution is -0.119. The van der Waals surface area contributed by atoms with E-state index in [1.54, 1.807) is 12.1 Å². The molecule has 1 aliphatic rings. The van der Waals surface area contributed by atoms with E-state index in [1.165, 1.54) is 6.07 Å². The van der Waals surface area contributed by atoms with Crippen LogP contribution in [0.3, 0.4) is 0 Å². The molecule has 4 N–H and O–H groups in total. The van der Waals surface area contributed by atoms with E-state index in [4.69, 9.17) is 5.11 Å². The summed E-state index contributed by atoms with van der Waals surface area (Å²) in [5.41, 5.74) is 1.07. The van der Waals surface area contributed by atoms with Crippen molar-refractivity contribution in [3.8, 4) is 0 Å². The molecular formula is C14H17N3O4. The molecule has 1 heterocycles. The first-order valence-electron chi connectivity index (χ1n) is 6.68. The molecule has 21 heavy (non-hydrogen) atoms. The summed E-state index contributed by atoms with van der Waals surface area (Å²) in [5.74, 6) is -1.04. The van der Waals surface area contributed by atoms with Crippen molar-refractivity contribution in [2.24, 2.45) is 0 Å². The van der Waals surface area contributed by atoms with Gasteiger partial charge in [0.2, 0.25) is 5.91 Å². The first kappa shape index (κ1) is 14.8. The zero-order valence-corrected chi connectivity index (χ0v) is 11.4. The average Bonchev–Trinajstić information content (AvgIpc) is 2.84. The highest BCUT2D eigenvalue weighted by molar-refractivity contribution is 5.87. The van der Waals surface area contributed by atoms with Gasteiger partial charge in [0, 0.05) is 19.5 Å². The van der Waals surface area contributed by atoms with E-state index in [0.29, 0.717) is 25.9 Å². The Bertz CT molecular complexity index is 559. The lowest BCUT2D eigenvalue weighted by Gasteiger charge is -2.11. The quantitative estimate of drug-likeness (QED) is 0.617. The molecule has 7 heteroatoms. The molecule has 2 rings (SSSR count). The zero-order chi connectivity index (χ0) is 15.2. The molecule has 112 valence electrons. The summed E-state index contributed by atoms with van der Waals surface area (Å²) in [6.07, 6.45) is 0.838. The molecule has 0 spiro atoms. The summed E-state index contributed by atoms with van der Waals surface area (Å²) in [6, 6.07) is 6.09. The van der Waals surface area contributed by atoms with Crippen molar-refractivity contribution in [1.29, 1.82) is 0 Å². The maximum absolute atomic E-state index is 11.6. The molecule has 0 radical (unpaired) electrons. The number of nitrogens with one attached hydrogen (secondary N) is 3. The summed E-state index contributed by atoms with van der Waals surface area (Å²) in [7, 11) is 0. The van der Waals surface area contributed by atoms with Crippen LogP contribution in [0.5, 0.6) is 0 Å². The van der Waals surface area contributed by atoms with Gasteiger partial charge in [0.1, 0.15) is 0 Å². The van der Waals surface area contributed by atoms with Gasteiger partial charge in [-0.2, -0.15) is 0 Å². The number of aromatic carboxylic acids is 1. The first-order chi connectivity index (χ1) is 10.0. The van der Waals surface area contributed by atoms with Crippen molar-refractivity contribution >= 4 is 17.9 Å². The Kier molecular flexibility index (Phi) is 4.76. The molecule has 1 aliphatic heterocycles. The van der Waals surface area contributed by atoms with Crippen LogP contribution < -0.4 is 16.0 Å². The molecule has 1 aromatic rings. The number of benzene rings is 1. The van der Waals surface area contributed by atoms with Gasteiger partial charge >= 0.3 is 12.0 Å². The van der Waals surface area contributed by atoms with Crippen LogP contribution in [0.1, 0.15) is 22.3 Å². The van der Waals surface area contributed by atoms with Gasteiger partial charge in [-0.05, 0) is 24.1 Å². The molecule has 1 aromatic carbocycles. The number of rotatable bonds is 5. The van der Waals surface area contributed by atoms with Gasteiger partial charge < -0.3 is 21.1 Å². The second kappa shape index (κ2) is 6.74. The highest BCUT2D eigenvalue weighted by Crippen LogP contribution is 2.05. The number of carbonyl (C=O) groups excluding carboxylic acids is 2. The smallest absolute Gasteiger partial charge is 0.335 e. The highest BCUT2D eigenvalue weighted by atomic mass is 16.4. The van der Waals surface area contributed by atoms with Gasteiger partial charge in [-0.1, -0.05) is 12.1 Å². The standard InChI is InChI=1S/C14H17N3O4/c18-12-7-11(8-16-12)17-14(21)15-5-4-9-2-1-3-10(6-9)13(19)20/h1-3,6,11H,4-5,7-8H2,(H,16,18)(H,19,20)(H2,15,17,21). The van der Waals surface area contributed by atoms with Gasteiger partial charge in [0.15, 0.2) is 0 Å². The van der Waals surface area contributed by atoms with E-state index in [1.807, 2.05) is 6.07 Å². The number of hydrogen-bond acceptors (Lipinski definition) is 3. The Morgan fingerprint density at radius 1 is 1.38 bits per heavy atom. The summed E-state index contributed by atoms with van der Waals surface area (Å²) in [6.45, 7) is 0.843. The van der Waals surface area contributed by atoms with Gasteiger partial charge in [0.05, 0.1) is 11.6 Å². The third-order valence-corrected chi connectivity index (χ3v) is 3.19. The van der Waals surface area contributed by atoms with E-state index in [2.05, 4.69) is 16.0 Å². The number of hydrogen-bond donors (Lipinski definition) is 4. The molecule has 0 aromatic heterocycles. The molecule has 3 amide bonds. The largest absolute Gasteiger partial charge is 0.478 e. The van der Waals surface area contributed by atoms with Crippen molar-refractivity contribution < 1.29 is 19.5 Å². The normalized spacial score (nSPS) is 17.1.